The van der Waals surface area contributed by atoms with Gasteiger partial charge in [-0.05, 0) is 49.4 Å². The summed E-state index contributed by atoms with van der Waals surface area (Å²) in [6.07, 6.45) is 6.84. The number of nitrogens with one attached hydrogen (secondary N) is 1. The van der Waals surface area contributed by atoms with E-state index in [0.29, 0.717) is 25.7 Å². The van der Waals surface area contributed by atoms with Gasteiger partial charge in [-0.2, -0.15) is 0 Å². The minimum absolute atomic E-state index is 0.137. The van der Waals surface area contributed by atoms with E-state index in [1.54, 1.807) is 0 Å². The smallest absolute Gasteiger partial charge is 0.227 e. The first-order valence-corrected chi connectivity index (χ1v) is 9.46. The third-order valence-corrected chi connectivity index (χ3v) is 5.28. The van der Waals surface area contributed by atoms with Gasteiger partial charge in [0.1, 0.15) is 0 Å². The molecule has 1 aromatic rings. The molecule has 0 radical (unpaired) electrons. The van der Waals surface area contributed by atoms with E-state index in [2.05, 4.69) is 12.2 Å². The van der Waals surface area contributed by atoms with Crippen LogP contribution in [0, 0.1) is 0 Å². The Balaban J connectivity index is 1.68. The zero-order valence-corrected chi connectivity index (χ0v) is 15.0. The second kappa shape index (κ2) is 7.56. The highest BCUT2D eigenvalue weighted by Gasteiger charge is 2.32. The highest BCUT2D eigenvalue weighted by Crippen LogP contribution is 2.33. The third kappa shape index (κ3) is 4.21. The summed E-state index contributed by atoms with van der Waals surface area (Å²) in [4.78, 5) is 26.3. The van der Waals surface area contributed by atoms with E-state index in [0.717, 1.165) is 49.2 Å². The van der Waals surface area contributed by atoms with Crippen LogP contribution in [-0.4, -0.2) is 29.1 Å². The molecule has 2 aliphatic rings. The van der Waals surface area contributed by atoms with Crippen LogP contribution in [0.2, 0.25) is 0 Å². The van der Waals surface area contributed by atoms with Gasteiger partial charge in [-0.3, -0.25) is 9.59 Å². The predicted octanol–water partition coefficient (Wildman–Crippen LogP) is 3.40. The van der Waals surface area contributed by atoms with E-state index in [1.165, 1.54) is 0 Å². The van der Waals surface area contributed by atoms with Crippen LogP contribution in [-0.2, 0) is 16.0 Å². The predicted molar refractivity (Wildman–Crippen MR) is 98.7 cm³/mol. The van der Waals surface area contributed by atoms with Crippen LogP contribution in [0.3, 0.4) is 0 Å². The van der Waals surface area contributed by atoms with Crippen LogP contribution in [0.1, 0.15) is 63.9 Å². The standard InChI is InChI=1S/C20H28N2O3/c1-2-12-22-17-8-7-16(13-15(17)6-9-19(22)24)21-18(23)14-20(25)10-4-3-5-11-20/h7-8,13,25H,2-6,9-12,14H2,1H3,(H,21,23). The fourth-order valence-corrected chi connectivity index (χ4v) is 4.00. The quantitative estimate of drug-likeness (QED) is 0.860. The Morgan fingerprint density at radius 3 is 2.72 bits per heavy atom. The van der Waals surface area contributed by atoms with Crippen LogP contribution >= 0.6 is 0 Å². The molecule has 0 aromatic heterocycles. The molecule has 1 aliphatic carbocycles. The van der Waals surface area contributed by atoms with Crippen molar-refractivity contribution in [1.82, 2.24) is 0 Å². The van der Waals surface area contributed by atoms with Crippen LogP contribution < -0.4 is 10.2 Å². The molecule has 1 fully saturated rings. The first-order valence-electron chi connectivity index (χ1n) is 9.46. The molecule has 1 aliphatic heterocycles. The molecule has 136 valence electrons. The maximum absolute atomic E-state index is 12.3. The van der Waals surface area contributed by atoms with E-state index in [9.17, 15) is 14.7 Å². The lowest BCUT2D eigenvalue weighted by Gasteiger charge is -2.31. The van der Waals surface area contributed by atoms with Crippen molar-refractivity contribution in [1.29, 1.82) is 0 Å². The molecule has 0 atom stereocenters. The number of carbonyl (C=O) groups is 2. The van der Waals surface area contributed by atoms with Crippen LogP contribution in [0.25, 0.3) is 0 Å². The lowest BCUT2D eigenvalue weighted by atomic mass is 9.82. The number of fused-ring (bicyclic) bond motifs is 1. The fourth-order valence-electron chi connectivity index (χ4n) is 4.00. The number of hydrogen-bond acceptors (Lipinski definition) is 3. The highest BCUT2D eigenvalue weighted by molar-refractivity contribution is 5.97. The van der Waals surface area contributed by atoms with Crippen molar-refractivity contribution in [2.45, 2.75) is 70.3 Å². The summed E-state index contributed by atoms with van der Waals surface area (Å²) in [5.74, 6) is 0.0345. The molecule has 2 amide bonds. The Bertz CT molecular complexity index is 650. The molecule has 0 spiro atoms. The van der Waals surface area contributed by atoms with E-state index < -0.39 is 5.60 Å². The molecule has 0 unspecified atom stereocenters. The summed E-state index contributed by atoms with van der Waals surface area (Å²) in [6, 6.07) is 5.74. The van der Waals surface area contributed by atoms with Crippen LogP contribution in [0.15, 0.2) is 18.2 Å². The number of aliphatic hydroxyl groups is 1. The van der Waals surface area contributed by atoms with Crippen molar-refractivity contribution >= 4 is 23.2 Å². The highest BCUT2D eigenvalue weighted by atomic mass is 16.3. The van der Waals surface area contributed by atoms with Crippen molar-refractivity contribution in [3.63, 3.8) is 0 Å². The summed E-state index contributed by atoms with van der Waals surface area (Å²) < 4.78 is 0. The van der Waals surface area contributed by atoms with E-state index >= 15 is 0 Å². The van der Waals surface area contributed by atoms with Gasteiger partial charge < -0.3 is 15.3 Å². The van der Waals surface area contributed by atoms with Gasteiger partial charge >= 0.3 is 0 Å². The minimum atomic E-state index is -0.846. The second-order valence-corrected chi connectivity index (χ2v) is 7.40. The first kappa shape index (κ1) is 17.9. The second-order valence-electron chi connectivity index (χ2n) is 7.40. The van der Waals surface area contributed by atoms with Gasteiger partial charge in [-0.15, -0.1) is 0 Å². The number of hydrogen-bond donors (Lipinski definition) is 2. The van der Waals surface area contributed by atoms with Gasteiger partial charge in [0, 0.05) is 24.3 Å². The lowest BCUT2D eigenvalue weighted by Crippen LogP contribution is -2.36. The average Bonchev–Trinajstić information content (AvgIpc) is 2.57. The Morgan fingerprint density at radius 2 is 2.00 bits per heavy atom. The summed E-state index contributed by atoms with van der Waals surface area (Å²) in [5.41, 5.74) is 1.96. The van der Waals surface area contributed by atoms with Crippen molar-refractivity contribution in [3.05, 3.63) is 23.8 Å². The molecule has 5 heteroatoms. The maximum atomic E-state index is 12.3. The van der Waals surface area contributed by atoms with Crippen molar-refractivity contribution in [2.24, 2.45) is 0 Å². The van der Waals surface area contributed by atoms with Gasteiger partial charge in [0.05, 0.1) is 12.0 Å². The molecule has 3 rings (SSSR count). The Hall–Kier alpha value is -1.88. The van der Waals surface area contributed by atoms with Gasteiger partial charge in [-0.1, -0.05) is 26.2 Å². The number of aryl methyl sites for hydroxylation is 1. The Kier molecular flexibility index (Phi) is 5.42. The molecular formula is C20H28N2O3. The van der Waals surface area contributed by atoms with Gasteiger partial charge in [0.15, 0.2) is 0 Å². The van der Waals surface area contributed by atoms with E-state index in [1.807, 2.05) is 23.1 Å². The lowest BCUT2D eigenvalue weighted by molar-refractivity contribution is -0.122. The number of amides is 2. The number of rotatable bonds is 5. The monoisotopic (exact) mass is 344 g/mol. The van der Waals surface area contributed by atoms with Gasteiger partial charge in [-0.25, -0.2) is 0 Å². The number of nitrogens with zero attached hydrogens (tertiary/aromatic N) is 1. The van der Waals surface area contributed by atoms with Crippen molar-refractivity contribution < 1.29 is 14.7 Å². The van der Waals surface area contributed by atoms with Gasteiger partial charge in [0.2, 0.25) is 11.8 Å². The molecule has 5 nitrogen and oxygen atoms in total. The zero-order valence-electron chi connectivity index (χ0n) is 15.0. The normalized spacial score (nSPS) is 19.4. The molecule has 2 N–H and O–H groups in total. The largest absolute Gasteiger partial charge is 0.389 e. The topological polar surface area (TPSA) is 69.6 Å². The molecular weight excluding hydrogens is 316 g/mol. The van der Waals surface area contributed by atoms with Crippen molar-refractivity contribution in [2.75, 3.05) is 16.8 Å². The Morgan fingerprint density at radius 1 is 1.24 bits per heavy atom. The number of benzene rings is 1. The molecule has 1 heterocycles. The SMILES string of the molecule is CCCN1C(=O)CCc2cc(NC(=O)CC3(O)CCCCC3)ccc21. The molecule has 1 aromatic carbocycles. The zero-order chi connectivity index (χ0) is 17.9. The molecule has 0 saturated heterocycles. The number of carbonyl (C=O) groups excluding carboxylic acids is 2. The van der Waals surface area contributed by atoms with Crippen LogP contribution in [0.4, 0.5) is 11.4 Å². The Labute approximate surface area is 149 Å². The summed E-state index contributed by atoms with van der Waals surface area (Å²) in [6.45, 7) is 2.79. The van der Waals surface area contributed by atoms with Crippen LogP contribution in [0.5, 0.6) is 0 Å². The fraction of sp³-hybridized carbons (Fsp3) is 0.600. The first-order chi connectivity index (χ1) is 12.0. The third-order valence-electron chi connectivity index (χ3n) is 5.28. The molecule has 25 heavy (non-hydrogen) atoms. The van der Waals surface area contributed by atoms with E-state index in [-0.39, 0.29) is 18.2 Å². The number of anilines is 2. The van der Waals surface area contributed by atoms with E-state index in [4.69, 9.17) is 0 Å². The maximum Gasteiger partial charge on any atom is 0.227 e. The summed E-state index contributed by atoms with van der Waals surface area (Å²) in [7, 11) is 0. The summed E-state index contributed by atoms with van der Waals surface area (Å²) >= 11 is 0. The van der Waals surface area contributed by atoms with Gasteiger partial charge in [0.25, 0.3) is 0 Å². The minimum Gasteiger partial charge on any atom is -0.389 e. The summed E-state index contributed by atoms with van der Waals surface area (Å²) in [5, 5.41) is 13.4. The molecule has 1 saturated carbocycles. The molecule has 0 bridgehead atoms. The van der Waals surface area contributed by atoms with Crippen molar-refractivity contribution in [3.8, 4) is 0 Å². The average molecular weight is 344 g/mol.